The third-order valence-corrected chi connectivity index (χ3v) is 26.7. The van der Waals surface area contributed by atoms with E-state index in [1.807, 2.05) is 0 Å². The minimum atomic E-state index is -5.80. The third kappa shape index (κ3) is 6.08. The lowest BCUT2D eigenvalue weighted by Crippen LogP contribution is -2.48. The van der Waals surface area contributed by atoms with E-state index in [0.717, 1.165) is 107 Å². The highest BCUT2D eigenvalue weighted by Gasteiger charge is 2.87. The molecule has 81 heavy (non-hydrogen) atoms. The van der Waals surface area contributed by atoms with E-state index in [1.54, 1.807) is 0 Å². The Morgan fingerprint density at radius 3 is 0.716 bits per heavy atom. The molecule has 3 saturated carbocycles. The Morgan fingerprint density at radius 1 is 0.284 bits per heavy atom. The van der Waals surface area contributed by atoms with Gasteiger partial charge < -0.3 is 0 Å². The van der Waals surface area contributed by atoms with Crippen molar-refractivity contribution < 1.29 is 79.0 Å². The Morgan fingerprint density at radius 2 is 0.494 bits per heavy atom. The zero-order valence-electron chi connectivity index (χ0n) is 41.7. The van der Waals surface area contributed by atoms with Crippen molar-refractivity contribution in [3.8, 4) is 35.5 Å². The van der Waals surface area contributed by atoms with Crippen molar-refractivity contribution in [2.75, 3.05) is 0 Å². The van der Waals surface area contributed by atoms with Crippen LogP contribution in [0, 0.1) is 35.5 Å². The van der Waals surface area contributed by atoms with Crippen molar-refractivity contribution in [3.63, 3.8) is 0 Å². The first kappa shape index (κ1) is 55.8. The summed E-state index contributed by atoms with van der Waals surface area (Å²) in [5.74, 6) is -32.3. The Balaban J connectivity index is 0.941. The molecule has 0 N–H and O–H groups in total. The molecule has 24 heteroatoms. The summed E-state index contributed by atoms with van der Waals surface area (Å²) in [5, 5.41) is 4.06. The van der Waals surface area contributed by atoms with Crippen molar-refractivity contribution in [3.05, 3.63) is 169 Å². The van der Waals surface area contributed by atoms with Gasteiger partial charge in [0.25, 0.3) is 0 Å². The van der Waals surface area contributed by atoms with Gasteiger partial charge in [-0.05, 0) is 128 Å². The first-order valence-electron chi connectivity index (χ1n) is 24.0. The summed E-state index contributed by atoms with van der Waals surface area (Å²) in [5.41, 5.74) is -11.7. The maximum atomic E-state index is 15.8. The first-order chi connectivity index (χ1) is 37.1. The number of hydrogen-bond donors (Lipinski definition) is 0. The molecular weight excluding hydrogens is 1220 g/mol. The molecule has 12 aliphatic rings. The number of benzene rings is 1. The molecule has 0 spiro atoms. The molecule has 0 amide bonds. The zero-order chi connectivity index (χ0) is 58.9. The highest BCUT2D eigenvalue weighted by atomic mass is 32.2. The summed E-state index contributed by atoms with van der Waals surface area (Å²) in [6.07, 6.45) is 6.45. The van der Waals surface area contributed by atoms with Gasteiger partial charge in [0.2, 0.25) is 0 Å². The summed E-state index contributed by atoms with van der Waals surface area (Å²) in [7, 11) is 0. The number of alkyl halides is 18. The summed E-state index contributed by atoms with van der Waals surface area (Å²) in [6, 6.07) is 4.07. The molecule has 420 valence electrons. The molecule has 6 aliphatic heterocycles. The molecule has 0 aromatic heterocycles. The standard InChI is InChI=1S/C57H30F18S6/c1-43-31(13-16-76-43)37-40(52(64,65)55(70,71)49(37,58)59)34-22-28(79-46(34,43)4)10-7-25-19-26(8-11-29-23-35-41-38(50(60,61)56(72,73)53(41,66)67)32-14-17-77-44(32,2)47(35,5)80-29)21-27(20-25)9-12-30-24-36-42-39(51(62,63)57(74,75)54(42,68)69)33-15-18-78-45(33,3)48(36,6)81-30/h13-24H,1-6H3/t43-,44-,45-,46-,47-,48-/m0/s1. The smallest absolute Gasteiger partial charge is 0.194 e. The van der Waals surface area contributed by atoms with Crippen LogP contribution in [-0.4, -0.2) is 81.8 Å². The Labute approximate surface area is 474 Å². The van der Waals surface area contributed by atoms with Gasteiger partial charge in [0.15, 0.2) is 0 Å². The maximum absolute atomic E-state index is 15.8. The van der Waals surface area contributed by atoms with Crippen molar-refractivity contribution in [2.45, 2.75) is 123 Å². The Kier molecular flexibility index (Phi) is 10.8. The molecule has 3 fully saturated rings. The fourth-order valence-corrected chi connectivity index (χ4v) is 20.9. The van der Waals surface area contributed by atoms with Gasteiger partial charge in [-0.1, -0.05) is 53.8 Å². The van der Waals surface area contributed by atoms with Crippen LogP contribution in [0.2, 0.25) is 0 Å². The third-order valence-electron chi connectivity index (χ3n) is 17.7. The number of hydrogen-bond acceptors (Lipinski definition) is 6. The predicted molar refractivity (Wildman–Crippen MR) is 281 cm³/mol. The van der Waals surface area contributed by atoms with Gasteiger partial charge >= 0.3 is 53.3 Å². The molecule has 0 radical (unpaired) electrons. The number of halogens is 18. The van der Waals surface area contributed by atoms with Crippen molar-refractivity contribution in [2.24, 2.45) is 0 Å². The van der Waals surface area contributed by atoms with Crippen LogP contribution in [0.25, 0.3) is 0 Å². The SMILES string of the molecule is C[C@]12SC=CC1=C1C(=C3C=C(C#Cc4cc(C#CC5=CC6=C7C(=C8C=CS[C@]8(C)[C@@]6(C)S5)C(F)(F)C(F)(F)C7(F)F)cc(C#CC5=CC6=C7C(=C8C=CS[C@]8(C)[C@@]6(C)S5)C(F)(F)C(F)(F)C7(F)F)c4)S[C@@]32C)C(F)(F)C(F)(F)C1(F)F. The Hall–Kier alpha value is -4.38. The van der Waals surface area contributed by atoms with Crippen molar-refractivity contribution in [1.82, 2.24) is 0 Å². The lowest BCUT2D eigenvalue weighted by Gasteiger charge is -2.46. The van der Waals surface area contributed by atoms with E-state index < -0.39 is 149 Å². The molecule has 0 saturated heterocycles. The fourth-order valence-electron chi connectivity index (χ4n) is 12.9. The summed E-state index contributed by atoms with van der Waals surface area (Å²) in [6.45, 7) is 8.72. The average molecular weight is 1250 g/mol. The average Bonchev–Trinajstić information content (AvgIpc) is 2.03. The molecule has 0 unspecified atom stereocenters. The monoisotopic (exact) mass is 1250 g/mol. The number of allylic oxidation sites excluding steroid dienone is 15. The van der Waals surface area contributed by atoms with Crippen molar-refractivity contribution >= 4 is 70.6 Å². The maximum Gasteiger partial charge on any atom is 0.380 e. The second kappa shape index (κ2) is 15.7. The Bertz CT molecular complexity index is 3540. The van der Waals surface area contributed by atoms with E-state index in [2.05, 4.69) is 35.5 Å². The fraction of sp³-hybridized carbons (Fsp3) is 0.368. The highest BCUT2D eigenvalue weighted by molar-refractivity contribution is 8.09. The zero-order valence-corrected chi connectivity index (χ0v) is 46.6. The second-order valence-electron chi connectivity index (χ2n) is 21.7. The number of thioether (sulfide) groups is 6. The summed E-state index contributed by atoms with van der Waals surface area (Å²) in [4.78, 5) is -0.0736. The molecule has 1 aromatic rings. The largest absolute Gasteiger partial charge is 0.380 e. The lowest BCUT2D eigenvalue weighted by atomic mass is 9.71. The molecule has 0 nitrogen and oxygen atoms in total. The molecule has 0 bridgehead atoms. The van der Waals surface area contributed by atoms with Crippen LogP contribution in [0.3, 0.4) is 0 Å². The van der Waals surface area contributed by atoms with Crippen LogP contribution < -0.4 is 0 Å². The quantitative estimate of drug-likeness (QED) is 0.186. The van der Waals surface area contributed by atoms with Gasteiger partial charge in [-0.2, -0.15) is 79.0 Å². The predicted octanol–water partition coefficient (Wildman–Crippen LogP) is 17.5. The van der Waals surface area contributed by atoms with Crippen LogP contribution in [-0.2, 0) is 0 Å². The number of rotatable bonds is 0. The van der Waals surface area contributed by atoms with E-state index >= 15 is 79.0 Å². The van der Waals surface area contributed by atoms with Gasteiger partial charge in [0.1, 0.15) is 0 Å². The molecule has 6 aliphatic carbocycles. The van der Waals surface area contributed by atoms with Gasteiger partial charge in [0, 0.05) is 50.1 Å². The highest BCUT2D eigenvalue weighted by Crippen LogP contribution is 2.77. The minimum Gasteiger partial charge on any atom is -0.194 e. The normalized spacial score (nSPS) is 37.3. The van der Waals surface area contributed by atoms with Crippen LogP contribution in [0.1, 0.15) is 58.2 Å². The van der Waals surface area contributed by atoms with E-state index in [4.69, 9.17) is 0 Å². The van der Waals surface area contributed by atoms with Gasteiger partial charge in [0.05, 0.1) is 43.2 Å². The van der Waals surface area contributed by atoms with Crippen molar-refractivity contribution in [1.29, 1.82) is 0 Å². The lowest BCUT2D eigenvalue weighted by molar-refractivity contribution is -0.258. The van der Waals surface area contributed by atoms with Gasteiger partial charge in [-0.25, -0.2) is 0 Å². The van der Waals surface area contributed by atoms with E-state index in [0.29, 0.717) is 0 Å². The van der Waals surface area contributed by atoms with Crippen LogP contribution in [0.5, 0.6) is 0 Å². The van der Waals surface area contributed by atoms with Gasteiger partial charge in [-0.15, -0.1) is 70.6 Å². The van der Waals surface area contributed by atoms with Gasteiger partial charge in [-0.3, -0.25) is 0 Å². The van der Waals surface area contributed by atoms with E-state index in [1.165, 1.54) is 76.0 Å². The molecule has 6 atom stereocenters. The van der Waals surface area contributed by atoms with E-state index in [-0.39, 0.29) is 31.4 Å². The molecule has 13 rings (SSSR count). The van der Waals surface area contributed by atoms with Crippen LogP contribution in [0.15, 0.2) is 152 Å². The number of fused-ring (bicyclic) bond motifs is 12. The molecular formula is C57H30F18S6. The second-order valence-corrected chi connectivity index (χ2v) is 30.1. The first-order valence-corrected chi connectivity index (χ1v) is 29.1. The summed E-state index contributed by atoms with van der Waals surface area (Å²) < 4.78 is 270. The van der Waals surface area contributed by atoms with Crippen LogP contribution >= 0.6 is 70.6 Å². The van der Waals surface area contributed by atoms with Crippen LogP contribution in [0.4, 0.5) is 79.0 Å². The topological polar surface area (TPSA) is 0 Å². The minimum absolute atomic E-state index is 0.0245. The molecule has 1 aromatic carbocycles. The molecule has 6 heterocycles. The van der Waals surface area contributed by atoms with E-state index in [9.17, 15) is 0 Å². The summed E-state index contributed by atoms with van der Waals surface area (Å²) >= 11 is 5.48.